The second kappa shape index (κ2) is 6.47. The van der Waals surface area contributed by atoms with E-state index in [1.165, 1.54) is 0 Å². The Morgan fingerprint density at radius 1 is 1.62 bits per heavy atom. The van der Waals surface area contributed by atoms with E-state index in [-0.39, 0.29) is 0 Å². The van der Waals surface area contributed by atoms with Crippen LogP contribution in [0.3, 0.4) is 0 Å². The monoisotopic (exact) mass is 247 g/mol. The van der Waals surface area contributed by atoms with Crippen LogP contribution in [0, 0.1) is 0 Å². The SMILES string of the molecule is CCN(CCOC)C1(C(=O)O)CCCSC1. The van der Waals surface area contributed by atoms with Crippen LogP contribution in [-0.4, -0.2) is 59.8 Å². The second-order valence-electron chi connectivity index (χ2n) is 4.07. The van der Waals surface area contributed by atoms with E-state index >= 15 is 0 Å². The normalized spacial score (nSPS) is 25.9. The van der Waals surface area contributed by atoms with Crippen molar-refractivity contribution in [3.8, 4) is 0 Å². The highest BCUT2D eigenvalue weighted by Gasteiger charge is 2.44. The summed E-state index contributed by atoms with van der Waals surface area (Å²) < 4.78 is 5.05. The summed E-state index contributed by atoms with van der Waals surface area (Å²) in [7, 11) is 1.65. The molecule has 94 valence electrons. The number of likely N-dealkylation sites (N-methyl/N-ethyl adjacent to an activating group) is 1. The van der Waals surface area contributed by atoms with Gasteiger partial charge in [0.2, 0.25) is 0 Å². The largest absolute Gasteiger partial charge is 0.480 e. The van der Waals surface area contributed by atoms with Gasteiger partial charge in [-0.05, 0) is 25.1 Å². The van der Waals surface area contributed by atoms with Crippen LogP contribution in [0.1, 0.15) is 19.8 Å². The van der Waals surface area contributed by atoms with E-state index in [1.807, 2.05) is 11.8 Å². The highest BCUT2D eigenvalue weighted by molar-refractivity contribution is 7.99. The third-order valence-corrected chi connectivity index (χ3v) is 4.43. The zero-order valence-electron chi connectivity index (χ0n) is 10.1. The predicted molar refractivity (Wildman–Crippen MR) is 66.0 cm³/mol. The van der Waals surface area contributed by atoms with Crippen LogP contribution in [-0.2, 0) is 9.53 Å². The van der Waals surface area contributed by atoms with Gasteiger partial charge in [0.1, 0.15) is 5.54 Å². The molecule has 0 aromatic carbocycles. The molecular weight excluding hydrogens is 226 g/mol. The van der Waals surface area contributed by atoms with Gasteiger partial charge in [-0.1, -0.05) is 6.92 Å². The van der Waals surface area contributed by atoms with Crippen LogP contribution < -0.4 is 0 Å². The van der Waals surface area contributed by atoms with Crippen LogP contribution in [0.2, 0.25) is 0 Å². The maximum atomic E-state index is 11.5. The van der Waals surface area contributed by atoms with Crippen LogP contribution in [0.15, 0.2) is 0 Å². The summed E-state index contributed by atoms with van der Waals surface area (Å²) in [5.41, 5.74) is -0.670. The molecule has 0 aromatic rings. The Bertz CT molecular complexity index is 229. The highest BCUT2D eigenvalue weighted by atomic mass is 32.2. The molecule has 0 saturated carbocycles. The molecule has 4 nitrogen and oxygen atoms in total. The fourth-order valence-corrected chi connectivity index (χ4v) is 3.49. The van der Waals surface area contributed by atoms with Crippen molar-refractivity contribution in [2.45, 2.75) is 25.3 Å². The highest BCUT2D eigenvalue weighted by Crippen LogP contribution is 2.32. The number of nitrogens with zero attached hydrogens (tertiary/aromatic N) is 1. The lowest BCUT2D eigenvalue weighted by atomic mass is 9.93. The van der Waals surface area contributed by atoms with E-state index in [0.29, 0.717) is 18.9 Å². The molecule has 0 amide bonds. The maximum Gasteiger partial charge on any atom is 0.324 e. The molecule has 1 rings (SSSR count). The van der Waals surface area contributed by atoms with Crippen molar-refractivity contribution in [1.82, 2.24) is 4.90 Å². The molecule has 1 aliphatic heterocycles. The second-order valence-corrected chi connectivity index (χ2v) is 5.17. The van der Waals surface area contributed by atoms with Gasteiger partial charge in [-0.15, -0.1) is 0 Å². The first-order valence-corrected chi connectivity index (χ1v) is 6.88. The third-order valence-electron chi connectivity index (χ3n) is 3.17. The summed E-state index contributed by atoms with van der Waals surface area (Å²) in [6, 6.07) is 0. The van der Waals surface area contributed by atoms with Gasteiger partial charge in [0.15, 0.2) is 0 Å². The van der Waals surface area contributed by atoms with Gasteiger partial charge in [-0.2, -0.15) is 11.8 Å². The molecule has 16 heavy (non-hydrogen) atoms. The molecule has 0 spiro atoms. The van der Waals surface area contributed by atoms with Gasteiger partial charge in [0.05, 0.1) is 6.61 Å². The van der Waals surface area contributed by atoms with Gasteiger partial charge < -0.3 is 9.84 Å². The number of rotatable bonds is 6. The van der Waals surface area contributed by atoms with Crippen molar-refractivity contribution in [2.24, 2.45) is 0 Å². The Balaban J connectivity index is 2.76. The Morgan fingerprint density at radius 2 is 2.38 bits per heavy atom. The summed E-state index contributed by atoms with van der Waals surface area (Å²) in [6.07, 6.45) is 1.74. The smallest absolute Gasteiger partial charge is 0.324 e. The Morgan fingerprint density at radius 3 is 2.81 bits per heavy atom. The minimum atomic E-state index is -0.683. The van der Waals surface area contributed by atoms with Gasteiger partial charge in [0, 0.05) is 19.4 Å². The first kappa shape index (κ1) is 13.8. The van der Waals surface area contributed by atoms with Crippen molar-refractivity contribution >= 4 is 17.7 Å². The topological polar surface area (TPSA) is 49.8 Å². The minimum absolute atomic E-state index is 0.591. The van der Waals surface area contributed by atoms with Crippen molar-refractivity contribution in [1.29, 1.82) is 0 Å². The van der Waals surface area contributed by atoms with Gasteiger partial charge >= 0.3 is 5.97 Å². The summed E-state index contributed by atoms with van der Waals surface area (Å²) in [4.78, 5) is 13.6. The fourth-order valence-electron chi connectivity index (χ4n) is 2.21. The van der Waals surface area contributed by atoms with Gasteiger partial charge in [0.25, 0.3) is 0 Å². The molecule has 0 radical (unpaired) electrons. The lowest BCUT2D eigenvalue weighted by Gasteiger charge is -2.42. The van der Waals surface area contributed by atoms with E-state index in [1.54, 1.807) is 18.9 Å². The first-order valence-electron chi connectivity index (χ1n) is 5.72. The molecule has 1 aliphatic rings. The number of hydrogen-bond acceptors (Lipinski definition) is 4. The van der Waals surface area contributed by atoms with Crippen molar-refractivity contribution in [3.63, 3.8) is 0 Å². The summed E-state index contributed by atoms with van der Waals surface area (Å²) >= 11 is 1.74. The molecule has 1 unspecified atom stereocenters. The third kappa shape index (κ3) is 2.90. The number of methoxy groups -OCH3 is 1. The van der Waals surface area contributed by atoms with Gasteiger partial charge in [-0.25, -0.2) is 0 Å². The maximum absolute atomic E-state index is 11.5. The van der Waals surface area contributed by atoms with Crippen molar-refractivity contribution in [2.75, 3.05) is 38.3 Å². The zero-order valence-corrected chi connectivity index (χ0v) is 10.9. The lowest BCUT2D eigenvalue weighted by molar-refractivity contribution is -0.151. The van der Waals surface area contributed by atoms with E-state index in [4.69, 9.17) is 4.74 Å². The van der Waals surface area contributed by atoms with Gasteiger partial charge in [-0.3, -0.25) is 9.69 Å². The van der Waals surface area contributed by atoms with Crippen LogP contribution in [0.4, 0.5) is 0 Å². The Labute approximate surface area is 101 Å². The standard InChI is InChI=1S/C11H21NO3S/c1-3-12(6-7-15-2)11(10(13)14)5-4-8-16-9-11/h3-9H2,1-2H3,(H,13,14). The Kier molecular flexibility index (Phi) is 5.58. The lowest BCUT2D eigenvalue weighted by Crippen LogP contribution is -2.58. The molecule has 0 aliphatic carbocycles. The Hall–Kier alpha value is -0.260. The van der Waals surface area contributed by atoms with Crippen molar-refractivity contribution in [3.05, 3.63) is 0 Å². The first-order chi connectivity index (χ1) is 7.67. The average Bonchev–Trinajstić information content (AvgIpc) is 2.31. The molecule has 0 bridgehead atoms. The fraction of sp³-hybridized carbons (Fsp3) is 0.909. The predicted octanol–water partition coefficient (Wildman–Crippen LogP) is 1.31. The van der Waals surface area contributed by atoms with Crippen LogP contribution in [0.25, 0.3) is 0 Å². The number of carboxylic acids is 1. The molecule has 5 heteroatoms. The van der Waals surface area contributed by atoms with E-state index in [2.05, 4.69) is 0 Å². The number of hydrogen-bond donors (Lipinski definition) is 1. The van der Waals surface area contributed by atoms with E-state index < -0.39 is 11.5 Å². The quantitative estimate of drug-likeness (QED) is 0.767. The number of aliphatic carboxylic acids is 1. The molecular formula is C11H21NO3S. The summed E-state index contributed by atoms with van der Waals surface area (Å²) in [6.45, 7) is 4.06. The number of carbonyl (C=O) groups is 1. The van der Waals surface area contributed by atoms with E-state index in [9.17, 15) is 9.90 Å². The summed E-state index contributed by atoms with van der Waals surface area (Å²) in [5, 5.41) is 9.49. The van der Waals surface area contributed by atoms with Crippen LogP contribution >= 0.6 is 11.8 Å². The van der Waals surface area contributed by atoms with Crippen LogP contribution in [0.5, 0.6) is 0 Å². The zero-order chi connectivity index (χ0) is 12.0. The molecule has 1 heterocycles. The number of thioether (sulfide) groups is 1. The van der Waals surface area contributed by atoms with Crippen molar-refractivity contribution < 1.29 is 14.6 Å². The molecule has 0 aromatic heterocycles. The molecule has 1 saturated heterocycles. The molecule has 1 atom stereocenters. The van der Waals surface area contributed by atoms with E-state index in [0.717, 1.165) is 25.1 Å². The number of ether oxygens (including phenoxy) is 1. The summed E-state index contributed by atoms with van der Waals surface area (Å²) in [5.74, 6) is 1.09. The molecule has 1 N–H and O–H groups in total. The molecule has 1 fully saturated rings. The average molecular weight is 247 g/mol. The number of carboxylic acid groups (broad SMARTS) is 1. The minimum Gasteiger partial charge on any atom is -0.480 e.